The van der Waals surface area contributed by atoms with E-state index in [-0.39, 0.29) is 11.3 Å². The van der Waals surface area contributed by atoms with Crippen LogP contribution >= 0.6 is 22.9 Å². The van der Waals surface area contributed by atoms with Gasteiger partial charge in [0.05, 0.1) is 11.2 Å². The van der Waals surface area contributed by atoms with E-state index >= 15 is 0 Å². The fourth-order valence-electron chi connectivity index (χ4n) is 1.70. The normalized spacial score (nSPS) is 18.1. The van der Waals surface area contributed by atoms with Crippen LogP contribution in [0.25, 0.3) is 0 Å². The highest BCUT2D eigenvalue weighted by atomic mass is 35.5. The van der Waals surface area contributed by atoms with Crippen molar-refractivity contribution >= 4 is 28.8 Å². The maximum Gasteiger partial charge on any atom is 0.265 e. The summed E-state index contributed by atoms with van der Waals surface area (Å²) in [7, 11) is 0. The van der Waals surface area contributed by atoms with Gasteiger partial charge in [-0.3, -0.25) is 4.79 Å². The standard InChI is InChI=1S/C10H13ClN2OS/c1-7-9(15-6-12-7)10(14)13-4-2-8(11)3-5-13/h6,8H,2-5H2,1H3. The second-order valence-electron chi connectivity index (χ2n) is 3.73. The van der Waals surface area contributed by atoms with Crippen LogP contribution in [0.1, 0.15) is 28.2 Å². The van der Waals surface area contributed by atoms with Gasteiger partial charge in [0.2, 0.25) is 0 Å². The molecule has 82 valence electrons. The Morgan fingerprint density at radius 3 is 2.80 bits per heavy atom. The van der Waals surface area contributed by atoms with Gasteiger partial charge < -0.3 is 4.90 Å². The van der Waals surface area contributed by atoms with Gasteiger partial charge in [0.1, 0.15) is 4.88 Å². The van der Waals surface area contributed by atoms with Gasteiger partial charge >= 0.3 is 0 Å². The number of carbonyl (C=O) groups is 1. The number of nitrogens with zero attached hydrogens (tertiary/aromatic N) is 2. The molecule has 0 spiro atoms. The Kier molecular flexibility index (Phi) is 3.26. The molecule has 1 fully saturated rings. The van der Waals surface area contributed by atoms with E-state index in [0.29, 0.717) is 0 Å². The molecule has 1 amide bonds. The third kappa shape index (κ3) is 2.32. The summed E-state index contributed by atoms with van der Waals surface area (Å²) in [5, 5.41) is 0.233. The molecule has 1 aliphatic heterocycles. The molecule has 0 unspecified atom stereocenters. The molecule has 3 nitrogen and oxygen atoms in total. The van der Waals surface area contributed by atoms with Crippen molar-refractivity contribution < 1.29 is 4.79 Å². The predicted octanol–water partition coefficient (Wildman–Crippen LogP) is 2.29. The summed E-state index contributed by atoms with van der Waals surface area (Å²) in [5.74, 6) is 0.110. The minimum Gasteiger partial charge on any atom is -0.338 e. The van der Waals surface area contributed by atoms with Gasteiger partial charge in [-0.05, 0) is 19.8 Å². The smallest absolute Gasteiger partial charge is 0.265 e. The molecule has 0 bridgehead atoms. The molecule has 0 N–H and O–H groups in total. The zero-order valence-corrected chi connectivity index (χ0v) is 10.1. The maximum absolute atomic E-state index is 12.0. The van der Waals surface area contributed by atoms with Crippen LogP contribution in [0.3, 0.4) is 0 Å². The van der Waals surface area contributed by atoms with Crippen molar-refractivity contribution in [2.45, 2.75) is 25.1 Å². The summed E-state index contributed by atoms with van der Waals surface area (Å²) < 4.78 is 0. The summed E-state index contributed by atoms with van der Waals surface area (Å²) in [5.41, 5.74) is 2.55. The van der Waals surface area contributed by atoms with Crippen LogP contribution in [0.5, 0.6) is 0 Å². The van der Waals surface area contributed by atoms with Crippen LogP contribution in [0.15, 0.2) is 5.51 Å². The molecule has 1 saturated heterocycles. The number of hydrogen-bond acceptors (Lipinski definition) is 3. The summed E-state index contributed by atoms with van der Waals surface area (Å²) in [4.78, 5) is 18.8. The van der Waals surface area contributed by atoms with Crippen molar-refractivity contribution in [2.24, 2.45) is 0 Å². The number of likely N-dealkylation sites (tertiary alicyclic amines) is 1. The Bertz CT molecular complexity index is 358. The van der Waals surface area contributed by atoms with Gasteiger partial charge in [-0.2, -0.15) is 0 Å². The second-order valence-corrected chi connectivity index (χ2v) is 5.21. The fraction of sp³-hybridized carbons (Fsp3) is 0.600. The number of halogens is 1. The fourth-order valence-corrected chi connectivity index (χ4v) is 2.67. The summed E-state index contributed by atoms with van der Waals surface area (Å²) >= 11 is 7.41. The average Bonchev–Trinajstić information content (AvgIpc) is 2.65. The molecule has 2 heterocycles. The molecular weight excluding hydrogens is 232 g/mol. The average molecular weight is 245 g/mol. The van der Waals surface area contributed by atoms with Crippen molar-refractivity contribution in [3.8, 4) is 0 Å². The van der Waals surface area contributed by atoms with Crippen molar-refractivity contribution in [3.05, 3.63) is 16.1 Å². The van der Waals surface area contributed by atoms with Crippen molar-refractivity contribution in [3.63, 3.8) is 0 Å². The molecule has 0 aromatic carbocycles. The number of aromatic nitrogens is 1. The van der Waals surface area contributed by atoms with Crippen LogP contribution in [-0.2, 0) is 0 Å². The van der Waals surface area contributed by atoms with Gasteiger partial charge in [-0.25, -0.2) is 4.98 Å². The van der Waals surface area contributed by atoms with Gasteiger partial charge in [0.25, 0.3) is 5.91 Å². The molecule has 1 aromatic rings. The highest BCUT2D eigenvalue weighted by Gasteiger charge is 2.24. The van der Waals surface area contributed by atoms with Crippen molar-refractivity contribution in [1.82, 2.24) is 9.88 Å². The van der Waals surface area contributed by atoms with E-state index < -0.39 is 0 Å². The molecule has 0 radical (unpaired) electrons. The van der Waals surface area contributed by atoms with Gasteiger partial charge in [0, 0.05) is 18.5 Å². The number of hydrogen-bond donors (Lipinski definition) is 0. The van der Waals surface area contributed by atoms with E-state index in [1.165, 1.54) is 11.3 Å². The van der Waals surface area contributed by atoms with E-state index in [0.717, 1.165) is 36.5 Å². The van der Waals surface area contributed by atoms with Crippen LogP contribution in [-0.4, -0.2) is 34.3 Å². The second kappa shape index (κ2) is 4.49. The van der Waals surface area contributed by atoms with Crippen molar-refractivity contribution in [2.75, 3.05) is 13.1 Å². The zero-order chi connectivity index (χ0) is 10.8. The summed E-state index contributed by atoms with van der Waals surface area (Å²) in [6.07, 6.45) is 1.79. The Morgan fingerprint density at radius 1 is 1.60 bits per heavy atom. The molecule has 0 aliphatic carbocycles. The molecule has 0 saturated carbocycles. The number of rotatable bonds is 1. The van der Waals surface area contributed by atoms with Crippen LogP contribution in [0.4, 0.5) is 0 Å². The van der Waals surface area contributed by atoms with E-state index in [2.05, 4.69) is 4.98 Å². The lowest BCUT2D eigenvalue weighted by molar-refractivity contribution is 0.0730. The highest BCUT2D eigenvalue weighted by molar-refractivity contribution is 7.11. The first-order valence-corrected chi connectivity index (χ1v) is 6.33. The maximum atomic E-state index is 12.0. The quantitative estimate of drug-likeness (QED) is 0.711. The summed E-state index contributed by atoms with van der Waals surface area (Å²) in [6, 6.07) is 0. The predicted molar refractivity (Wildman–Crippen MR) is 61.6 cm³/mol. The lowest BCUT2D eigenvalue weighted by Crippen LogP contribution is -2.38. The zero-order valence-electron chi connectivity index (χ0n) is 8.57. The molecule has 5 heteroatoms. The first kappa shape index (κ1) is 10.9. The first-order valence-electron chi connectivity index (χ1n) is 5.02. The number of alkyl halides is 1. The SMILES string of the molecule is Cc1ncsc1C(=O)N1CCC(Cl)CC1. The summed E-state index contributed by atoms with van der Waals surface area (Å²) in [6.45, 7) is 3.41. The topological polar surface area (TPSA) is 33.2 Å². The number of carbonyl (C=O) groups excluding carboxylic acids is 1. The Labute approximate surface area is 98.1 Å². The minimum atomic E-state index is 0.110. The first-order chi connectivity index (χ1) is 7.18. The minimum absolute atomic E-state index is 0.110. The molecule has 1 aromatic heterocycles. The number of amides is 1. The third-order valence-electron chi connectivity index (χ3n) is 2.65. The molecule has 1 aliphatic rings. The van der Waals surface area contributed by atoms with Gasteiger partial charge in [-0.1, -0.05) is 0 Å². The van der Waals surface area contributed by atoms with Gasteiger partial charge in [0.15, 0.2) is 0 Å². The molecule has 0 atom stereocenters. The third-order valence-corrected chi connectivity index (χ3v) is 4.00. The molecule has 2 rings (SSSR count). The van der Waals surface area contributed by atoms with Gasteiger partial charge in [-0.15, -0.1) is 22.9 Å². The Hall–Kier alpha value is -0.610. The van der Waals surface area contributed by atoms with Crippen LogP contribution in [0, 0.1) is 6.92 Å². The van der Waals surface area contributed by atoms with E-state index in [1.807, 2.05) is 11.8 Å². The van der Waals surface area contributed by atoms with Crippen molar-refractivity contribution in [1.29, 1.82) is 0 Å². The molecular formula is C10H13ClN2OS. The molecule has 15 heavy (non-hydrogen) atoms. The number of aryl methyl sites for hydroxylation is 1. The monoisotopic (exact) mass is 244 g/mol. The number of thiazole rings is 1. The Morgan fingerprint density at radius 2 is 2.27 bits per heavy atom. The van der Waals surface area contributed by atoms with Crippen LogP contribution < -0.4 is 0 Å². The lowest BCUT2D eigenvalue weighted by Gasteiger charge is -2.28. The van der Waals surface area contributed by atoms with E-state index in [1.54, 1.807) is 5.51 Å². The van der Waals surface area contributed by atoms with Crippen LogP contribution in [0.2, 0.25) is 0 Å². The Balaban J connectivity index is 2.06. The van der Waals surface area contributed by atoms with E-state index in [4.69, 9.17) is 11.6 Å². The van der Waals surface area contributed by atoms with E-state index in [9.17, 15) is 4.79 Å². The lowest BCUT2D eigenvalue weighted by atomic mass is 10.1. The largest absolute Gasteiger partial charge is 0.338 e. The number of piperidine rings is 1. The highest BCUT2D eigenvalue weighted by Crippen LogP contribution is 2.20.